The lowest BCUT2D eigenvalue weighted by atomic mass is 9.49. The fourth-order valence-electron chi connectivity index (χ4n) is 8.86. The molecule has 14 nitrogen and oxygen atoms in total. The maximum atomic E-state index is 14.1. The summed E-state index contributed by atoms with van der Waals surface area (Å²) >= 11 is 0. The van der Waals surface area contributed by atoms with Crippen LogP contribution in [0.25, 0.3) is 0 Å². The van der Waals surface area contributed by atoms with Crippen LogP contribution in [0.1, 0.15) is 85.1 Å². The molecule has 2 aromatic heterocycles. The van der Waals surface area contributed by atoms with E-state index in [0.717, 1.165) is 46.6 Å². The number of phenolic OH excluding ortho intramolecular Hbond substituents is 1. The van der Waals surface area contributed by atoms with Crippen molar-refractivity contribution in [3.63, 3.8) is 0 Å². The summed E-state index contributed by atoms with van der Waals surface area (Å²) in [6.45, 7) is 3.87. The first-order valence-electron chi connectivity index (χ1n) is 17.0. The average Bonchev–Trinajstić information content (AvgIpc) is 3.69. The first-order valence-corrected chi connectivity index (χ1v) is 17.0. The second kappa shape index (κ2) is 14.0. The summed E-state index contributed by atoms with van der Waals surface area (Å²) < 4.78 is 5.84. The number of hydrogen-bond donors (Lipinski definition) is 7. The number of aromatic nitrogens is 4. The quantitative estimate of drug-likeness (QED) is 0.0980. The second-order valence-electron chi connectivity index (χ2n) is 14.5. The standard InChI is InChI=1S/C34H48N10O4/c1-18-5-24(45)6-19(2)25(18)11-27(41-30(46)26(35)3-4-39-33(36)37)31(47)42-28(10-23-16-38-17-40-23)32-43-29(44-48-32)15-34-12-20-7-21(13-34)9-22(8-20)14-34/h5-6,16-17,20-22,26-28,45H,3-4,7-15,35H2,1-2H3,(H,38,40)(H,41,46)(H,42,47)(H4,36,37,39). The van der Waals surface area contributed by atoms with E-state index in [-0.39, 0.29) is 36.5 Å². The largest absolute Gasteiger partial charge is 0.508 e. The molecule has 4 fully saturated rings. The van der Waals surface area contributed by atoms with E-state index in [4.69, 9.17) is 26.7 Å². The smallest absolute Gasteiger partial charge is 0.249 e. The Labute approximate surface area is 280 Å². The van der Waals surface area contributed by atoms with Gasteiger partial charge in [0.2, 0.25) is 17.7 Å². The topological polar surface area (TPSA) is 236 Å². The van der Waals surface area contributed by atoms with Crippen LogP contribution in [0.15, 0.2) is 34.2 Å². The monoisotopic (exact) mass is 660 g/mol. The Morgan fingerprint density at radius 2 is 1.73 bits per heavy atom. The number of guanidine groups is 1. The van der Waals surface area contributed by atoms with Crippen LogP contribution in [0.3, 0.4) is 0 Å². The fraction of sp³-hybridized carbons (Fsp3) is 0.588. The summed E-state index contributed by atoms with van der Waals surface area (Å²) in [6.07, 6.45) is 12.5. The Hall–Kier alpha value is -4.46. The highest BCUT2D eigenvalue weighted by Gasteiger charge is 2.51. The van der Waals surface area contributed by atoms with Gasteiger partial charge in [-0.25, -0.2) is 4.98 Å². The van der Waals surface area contributed by atoms with Crippen molar-refractivity contribution in [2.75, 3.05) is 6.54 Å². The van der Waals surface area contributed by atoms with Crippen molar-refractivity contribution >= 4 is 17.8 Å². The molecule has 14 heteroatoms. The minimum absolute atomic E-state index is 0.0939. The van der Waals surface area contributed by atoms with E-state index in [2.05, 4.69) is 30.8 Å². The number of hydrogen-bond acceptors (Lipinski definition) is 9. The Bertz CT molecular complexity index is 1570. The molecule has 4 bridgehead atoms. The third-order valence-corrected chi connectivity index (χ3v) is 10.6. The Kier molecular flexibility index (Phi) is 9.72. The summed E-state index contributed by atoms with van der Waals surface area (Å²) in [6, 6.07) is 0.615. The lowest BCUT2D eigenvalue weighted by Crippen LogP contribution is -2.53. The van der Waals surface area contributed by atoms with Crippen LogP contribution in [-0.2, 0) is 28.9 Å². The van der Waals surface area contributed by atoms with Crippen molar-refractivity contribution in [1.29, 1.82) is 0 Å². The molecule has 4 aliphatic rings. The molecule has 3 unspecified atom stereocenters. The molecular formula is C34H48N10O4. The van der Waals surface area contributed by atoms with Gasteiger partial charge in [0.1, 0.15) is 17.8 Å². The average molecular weight is 661 g/mol. The molecule has 7 rings (SSSR count). The first kappa shape index (κ1) is 33.4. The zero-order valence-electron chi connectivity index (χ0n) is 27.7. The predicted octanol–water partition coefficient (Wildman–Crippen LogP) is 1.99. The van der Waals surface area contributed by atoms with Crippen LogP contribution in [0.4, 0.5) is 0 Å². The molecule has 258 valence electrons. The molecule has 2 amide bonds. The second-order valence-corrected chi connectivity index (χ2v) is 14.5. The molecule has 0 aliphatic heterocycles. The zero-order chi connectivity index (χ0) is 34.0. The number of phenols is 1. The van der Waals surface area contributed by atoms with Crippen molar-refractivity contribution in [2.24, 2.45) is 45.4 Å². The van der Waals surface area contributed by atoms with E-state index < -0.39 is 29.9 Å². The van der Waals surface area contributed by atoms with E-state index in [1.54, 1.807) is 24.7 Å². The number of imidazole rings is 1. The number of carbonyl (C=O) groups is 2. The van der Waals surface area contributed by atoms with Gasteiger partial charge in [-0.3, -0.25) is 14.6 Å². The number of aromatic amines is 1. The lowest BCUT2D eigenvalue weighted by molar-refractivity contribution is -0.130. The molecule has 1 aromatic carbocycles. The number of amides is 2. The zero-order valence-corrected chi connectivity index (χ0v) is 27.7. The molecular weight excluding hydrogens is 612 g/mol. The number of carbonyl (C=O) groups excluding carboxylic acids is 2. The Balaban J connectivity index is 1.22. The summed E-state index contributed by atoms with van der Waals surface area (Å²) in [5, 5.41) is 20.4. The number of aromatic hydroxyl groups is 1. The molecule has 0 radical (unpaired) electrons. The lowest BCUT2D eigenvalue weighted by Gasteiger charge is -2.56. The van der Waals surface area contributed by atoms with Gasteiger partial charge in [0.05, 0.1) is 12.4 Å². The van der Waals surface area contributed by atoms with Gasteiger partial charge in [-0.05, 0) is 111 Å². The normalized spacial score (nSPS) is 24.5. The van der Waals surface area contributed by atoms with Crippen molar-refractivity contribution < 1.29 is 19.2 Å². The molecule has 4 saturated carbocycles. The van der Waals surface area contributed by atoms with Gasteiger partial charge >= 0.3 is 0 Å². The van der Waals surface area contributed by atoms with Crippen LogP contribution in [0.2, 0.25) is 0 Å². The number of nitrogens with zero attached hydrogens (tertiary/aromatic N) is 4. The van der Waals surface area contributed by atoms with Gasteiger partial charge in [-0.2, -0.15) is 4.98 Å². The number of H-pyrrole nitrogens is 1. The molecule has 3 atom stereocenters. The minimum Gasteiger partial charge on any atom is -0.508 e. The number of nitrogens with two attached hydrogens (primary N) is 3. The summed E-state index contributed by atoms with van der Waals surface area (Å²) in [5.41, 5.74) is 20.4. The Morgan fingerprint density at radius 1 is 1.06 bits per heavy atom. The van der Waals surface area contributed by atoms with Crippen molar-refractivity contribution in [2.45, 2.75) is 96.2 Å². The molecule has 0 spiro atoms. The fourth-order valence-corrected chi connectivity index (χ4v) is 8.86. The number of benzene rings is 1. The SMILES string of the molecule is Cc1cc(O)cc(C)c1CC(NC(=O)C(N)CCN=C(N)N)C(=O)NC(Cc1cnc[nH]1)c1nc(CC23CC4CC(CC(C4)C2)C3)no1. The molecule has 2 heterocycles. The van der Waals surface area contributed by atoms with Crippen LogP contribution >= 0.6 is 0 Å². The maximum Gasteiger partial charge on any atom is 0.249 e. The third-order valence-electron chi connectivity index (χ3n) is 10.6. The summed E-state index contributed by atoms with van der Waals surface area (Å²) in [7, 11) is 0. The van der Waals surface area contributed by atoms with E-state index in [9.17, 15) is 14.7 Å². The Morgan fingerprint density at radius 3 is 2.33 bits per heavy atom. The van der Waals surface area contributed by atoms with Gasteiger partial charge in [-0.15, -0.1) is 0 Å². The van der Waals surface area contributed by atoms with E-state index >= 15 is 0 Å². The van der Waals surface area contributed by atoms with Gasteiger partial charge < -0.3 is 42.4 Å². The van der Waals surface area contributed by atoms with Crippen LogP contribution in [-0.4, -0.2) is 61.6 Å². The van der Waals surface area contributed by atoms with Crippen LogP contribution in [0, 0.1) is 37.0 Å². The molecule has 0 saturated heterocycles. The van der Waals surface area contributed by atoms with Crippen molar-refractivity contribution in [1.82, 2.24) is 30.7 Å². The predicted molar refractivity (Wildman–Crippen MR) is 178 cm³/mol. The number of aryl methyl sites for hydroxylation is 2. The van der Waals surface area contributed by atoms with Gasteiger partial charge in [0, 0.05) is 37.7 Å². The van der Waals surface area contributed by atoms with Gasteiger partial charge in [0.25, 0.3) is 0 Å². The maximum absolute atomic E-state index is 14.1. The van der Waals surface area contributed by atoms with Gasteiger partial charge in [0.15, 0.2) is 11.8 Å². The van der Waals surface area contributed by atoms with Crippen LogP contribution in [0.5, 0.6) is 5.75 Å². The molecule has 48 heavy (non-hydrogen) atoms. The van der Waals surface area contributed by atoms with Gasteiger partial charge in [-0.1, -0.05) is 5.16 Å². The van der Waals surface area contributed by atoms with E-state index in [1.165, 1.54) is 38.5 Å². The van der Waals surface area contributed by atoms with Crippen molar-refractivity contribution in [3.8, 4) is 5.75 Å². The van der Waals surface area contributed by atoms with Crippen LogP contribution < -0.4 is 27.8 Å². The highest BCUT2D eigenvalue weighted by atomic mass is 16.5. The number of rotatable bonds is 14. The van der Waals surface area contributed by atoms with E-state index in [1.807, 2.05) is 13.8 Å². The number of aliphatic imine (C=N–C) groups is 1. The first-order chi connectivity index (χ1) is 22.9. The minimum atomic E-state index is -1.01. The highest BCUT2D eigenvalue weighted by molar-refractivity contribution is 5.90. The molecule has 10 N–H and O–H groups in total. The number of nitrogens with one attached hydrogen (secondary N) is 3. The third kappa shape index (κ3) is 7.80. The van der Waals surface area contributed by atoms with E-state index in [0.29, 0.717) is 18.1 Å². The summed E-state index contributed by atoms with van der Waals surface area (Å²) in [5.74, 6) is 2.46. The summed E-state index contributed by atoms with van der Waals surface area (Å²) in [4.78, 5) is 43.4. The molecule has 4 aliphatic carbocycles. The van der Waals surface area contributed by atoms with Crippen molar-refractivity contribution in [3.05, 3.63) is 58.8 Å². The highest BCUT2D eigenvalue weighted by Crippen LogP contribution is 2.60. The molecule has 3 aromatic rings.